The molecule has 1 fully saturated rings. The molecule has 4 aromatic rings. The van der Waals surface area contributed by atoms with Crippen molar-refractivity contribution < 1.29 is 18.7 Å². The Balaban J connectivity index is 1.14. The molecule has 8 nitrogen and oxygen atoms in total. The molecule has 1 saturated heterocycles. The van der Waals surface area contributed by atoms with Crippen molar-refractivity contribution in [1.82, 2.24) is 19.4 Å². The van der Waals surface area contributed by atoms with Crippen LogP contribution in [-0.4, -0.2) is 51.6 Å². The lowest BCUT2D eigenvalue weighted by Gasteiger charge is -2.29. The van der Waals surface area contributed by atoms with Crippen molar-refractivity contribution in [2.45, 2.75) is 38.6 Å². The number of nitrogens with one attached hydrogen (secondary N) is 1. The van der Waals surface area contributed by atoms with Crippen LogP contribution in [0, 0.1) is 5.82 Å². The summed E-state index contributed by atoms with van der Waals surface area (Å²) >= 11 is 5.84. The second kappa shape index (κ2) is 11.8. The average Bonchev–Trinajstić information content (AvgIpc) is 3.27. The van der Waals surface area contributed by atoms with E-state index in [0.717, 1.165) is 72.9 Å². The van der Waals surface area contributed by atoms with Crippen LogP contribution >= 0.6 is 11.6 Å². The third-order valence-corrected chi connectivity index (χ3v) is 7.57. The van der Waals surface area contributed by atoms with Crippen molar-refractivity contribution in [2.24, 2.45) is 0 Å². The zero-order valence-electron chi connectivity index (χ0n) is 21.9. The number of aromatic nitrogens is 3. The number of benzene rings is 2. The molecule has 1 atom stereocenters. The summed E-state index contributed by atoms with van der Waals surface area (Å²) in [5.41, 5.74) is 5.05. The molecule has 0 spiro atoms. The molecule has 206 valence electrons. The standard InChI is InChI=1S/C30H29ClFN5O3/c31-22-5-4-21(25(32)14-22)18-40-30-3-1-2-26(35-30)20-8-11-36(12-9-20)17-29-34-27-15-23(33-19-38)6-7-28(27)37(29)16-24-10-13-39-24/h1-8,14-15,19,24H,9-13,16-18H2,(H,33,38). The molecule has 2 aromatic carbocycles. The van der Waals surface area contributed by atoms with E-state index in [-0.39, 0.29) is 12.7 Å². The summed E-state index contributed by atoms with van der Waals surface area (Å²) in [6.07, 6.45) is 4.96. The maximum atomic E-state index is 14.1. The van der Waals surface area contributed by atoms with Crippen LogP contribution < -0.4 is 10.1 Å². The van der Waals surface area contributed by atoms with E-state index in [2.05, 4.69) is 25.8 Å². The molecule has 0 aliphatic carbocycles. The number of rotatable bonds is 10. The number of carbonyl (C=O) groups excluding carboxylic acids is 1. The minimum Gasteiger partial charge on any atom is -0.473 e. The second-order valence-corrected chi connectivity index (χ2v) is 10.4. The zero-order valence-corrected chi connectivity index (χ0v) is 22.6. The van der Waals surface area contributed by atoms with Crippen LogP contribution in [0.5, 0.6) is 5.88 Å². The molecule has 2 aliphatic heterocycles. The smallest absolute Gasteiger partial charge is 0.214 e. The largest absolute Gasteiger partial charge is 0.473 e. The Hall–Kier alpha value is -3.79. The van der Waals surface area contributed by atoms with Gasteiger partial charge in [-0.1, -0.05) is 29.8 Å². The van der Waals surface area contributed by atoms with Crippen molar-refractivity contribution in [3.63, 3.8) is 0 Å². The quantitative estimate of drug-likeness (QED) is 0.259. The molecule has 6 rings (SSSR count). The van der Waals surface area contributed by atoms with Crippen molar-refractivity contribution in [2.75, 3.05) is 25.0 Å². The number of carbonyl (C=O) groups is 1. The maximum absolute atomic E-state index is 14.1. The van der Waals surface area contributed by atoms with E-state index in [4.69, 9.17) is 26.1 Å². The zero-order chi connectivity index (χ0) is 27.5. The highest BCUT2D eigenvalue weighted by Gasteiger charge is 2.23. The number of anilines is 1. The van der Waals surface area contributed by atoms with Crippen LogP contribution in [0.1, 0.15) is 29.9 Å². The fourth-order valence-electron chi connectivity index (χ4n) is 5.05. The van der Waals surface area contributed by atoms with Gasteiger partial charge >= 0.3 is 0 Å². The SMILES string of the molecule is O=CNc1ccc2c(c1)nc(CN1CC=C(c3cccc(OCc4ccc(Cl)cc4F)n3)CC1)n2CC1CCO1. The molecular formula is C30H29ClFN5O3. The summed E-state index contributed by atoms with van der Waals surface area (Å²) in [4.78, 5) is 22.9. The number of fused-ring (bicyclic) bond motifs is 1. The molecule has 0 saturated carbocycles. The summed E-state index contributed by atoms with van der Waals surface area (Å²) in [5.74, 6) is 1.03. The fraction of sp³-hybridized carbons (Fsp3) is 0.300. The molecule has 2 aliphatic rings. The predicted octanol–water partition coefficient (Wildman–Crippen LogP) is 5.45. The van der Waals surface area contributed by atoms with Gasteiger partial charge in [0.25, 0.3) is 0 Å². The summed E-state index contributed by atoms with van der Waals surface area (Å²) in [6, 6.07) is 16.0. The van der Waals surface area contributed by atoms with E-state index in [1.54, 1.807) is 18.2 Å². The van der Waals surface area contributed by atoms with Gasteiger partial charge in [0.1, 0.15) is 18.2 Å². The van der Waals surface area contributed by atoms with Gasteiger partial charge in [0.2, 0.25) is 12.3 Å². The Bertz CT molecular complexity index is 1570. The van der Waals surface area contributed by atoms with Crippen molar-refractivity contribution in [3.8, 4) is 5.88 Å². The van der Waals surface area contributed by atoms with E-state index in [1.165, 1.54) is 6.07 Å². The number of hydrogen-bond donors (Lipinski definition) is 1. The van der Waals surface area contributed by atoms with Crippen LogP contribution in [0.4, 0.5) is 10.1 Å². The third kappa shape index (κ3) is 5.86. The molecule has 2 aromatic heterocycles. The van der Waals surface area contributed by atoms with E-state index in [1.807, 2.05) is 30.3 Å². The van der Waals surface area contributed by atoms with Crippen LogP contribution in [0.3, 0.4) is 0 Å². The molecule has 1 N–H and O–H groups in total. The lowest BCUT2D eigenvalue weighted by molar-refractivity contribution is -0.105. The number of hydrogen-bond acceptors (Lipinski definition) is 6. The van der Waals surface area contributed by atoms with Crippen molar-refractivity contribution >= 4 is 40.3 Å². The van der Waals surface area contributed by atoms with Crippen LogP contribution in [0.15, 0.2) is 60.7 Å². The van der Waals surface area contributed by atoms with Crippen LogP contribution in [0.25, 0.3) is 16.6 Å². The van der Waals surface area contributed by atoms with Crippen LogP contribution in [-0.2, 0) is 29.2 Å². The van der Waals surface area contributed by atoms with Gasteiger partial charge in [-0.05, 0) is 54.8 Å². The lowest BCUT2D eigenvalue weighted by Crippen LogP contribution is -2.33. The minimum absolute atomic E-state index is 0.0753. The van der Waals surface area contributed by atoms with E-state index in [9.17, 15) is 9.18 Å². The fourth-order valence-corrected chi connectivity index (χ4v) is 5.20. The monoisotopic (exact) mass is 561 g/mol. The normalized spacial score (nSPS) is 17.4. The van der Waals surface area contributed by atoms with Crippen LogP contribution in [0.2, 0.25) is 5.02 Å². The molecule has 0 radical (unpaired) electrons. The number of nitrogens with zero attached hydrogens (tertiary/aromatic N) is 4. The lowest BCUT2D eigenvalue weighted by atomic mass is 10.0. The van der Waals surface area contributed by atoms with E-state index in [0.29, 0.717) is 29.4 Å². The van der Waals surface area contributed by atoms with Gasteiger partial charge in [-0.25, -0.2) is 14.4 Å². The molecule has 1 amide bonds. The van der Waals surface area contributed by atoms with Gasteiger partial charge in [-0.3, -0.25) is 9.69 Å². The number of amides is 1. The third-order valence-electron chi connectivity index (χ3n) is 7.33. The Morgan fingerprint density at radius 3 is 2.83 bits per heavy atom. The first-order valence-electron chi connectivity index (χ1n) is 13.3. The molecule has 10 heteroatoms. The Labute approximate surface area is 236 Å². The molecule has 4 heterocycles. The second-order valence-electron chi connectivity index (χ2n) is 9.99. The Morgan fingerprint density at radius 2 is 2.08 bits per heavy atom. The first-order chi connectivity index (χ1) is 19.6. The number of ether oxygens (including phenoxy) is 2. The summed E-state index contributed by atoms with van der Waals surface area (Å²) in [7, 11) is 0. The van der Waals surface area contributed by atoms with Gasteiger partial charge in [0.05, 0.1) is 35.9 Å². The average molecular weight is 562 g/mol. The highest BCUT2D eigenvalue weighted by molar-refractivity contribution is 6.30. The highest BCUT2D eigenvalue weighted by Crippen LogP contribution is 2.27. The van der Waals surface area contributed by atoms with E-state index >= 15 is 0 Å². The van der Waals surface area contributed by atoms with Gasteiger partial charge < -0.3 is 19.4 Å². The minimum atomic E-state index is -0.398. The number of pyridine rings is 1. The highest BCUT2D eigenvalue weighted by atomic mass is 35.5. The number of halogens is 2. The van der Waals surface area contributed by atoms with Gasteiger partial charge in [-0.15, -0.1) is 0 Å². The topological polar surface area (TPSA) is 81.5 Å². The van der Waals surface area contributed by atoms with Gasteiger partial charge in [0.15, 0.2) is 0 Å². The summed E-state index contributed by atoms with van der Waals surface area (Å²) < 4.78 is 27.8. The number of imidazole rings is 1. The molecular weight excluding hydrogens is 533 g/mol. The predicted molar refractivity (Wildman–Crippen MR) is 152 cm³/mol. The molecule has 0 bridgehead atoms. The summed E-state index contributed by atoms with van der Waals surface area (Å²) in [6.45, 7) is 3.96. The van der Waals surface area contributed by atoms with Gasteiger partial charge in [0, 0.05) is 42.0 Å². The summed E-state index contributed by atoms with van der Waals surface area (Å²) in [5, 5.41) is 3.06. The Kier molecular flexibility index (Phi) is 7.77. The first-order valence-corrected chi connectivity index (χ1v) is 13.7. The maximum Gasteiger partial charge on any atom is 0.214 e. The first kappa shape index (κ1) is 26.4. The molecule has 40 heavy (non-hydrogen) atoms. The van der Waals surface area contributed by atoms with Crippen molar-refractivity contribution in [1.29, 1.82) is 0 Å². The van der Waals surface area contributed by atoms with Gasteiger partial charge in [-0.2, -0.15) is 0 Å². The molecule has 1 unspecified atom stereocenters. The Morgan fingerprint density at radius 1 is 1.18 bits per heavy atom. The van der Waals surface area contributed by atoms with Crippen molar-refractivity contribution in [3.05, 3.63) is 88.6 Å². The van der Waals surface area contributed by atoms with E-state index < -0.39 is 5.82 Å².